The van der Waals surface area contributed by atoms with Gasteiger partial charge in [-0.05, 0) is 17.7 Å². The third-order valence-electron chi connectivity index (χ3n) is 6.31. The van der Waals surface area contributed by atoms with Crippen LogP contribution >= 0.6 is 0 Å². The Labute approximate surface area is 133 Å². The van der Waals surface area contributed by atoms with Gasteiger partial charge in [0.25, 0.3) is 0 Å². The molecule has 1 N–H and O–H groups in total. The van der Waals surface area contributed by atoms with Gasteiger partial charge < -0.3 is 19.5 Å². The second kappa shape index (κ2) is 3.95. The highest BCUT2D eigenvalue weighted by molar-refractivity contribution is 5.98. The quantitative estimate of drug-likeness (QED) is 0.368. The van der Waals surface area contributed by atoms with Crippen LogP contribution in [0.2, 0.25) is 0 Å². The molecule has 2 aliphatic heterocycles. The third-order valence-corrected chi connectivity index (χ3v) is 6.31. The molecule has 23 heavy (non-hydrogen) atoms. The summed E-state index contributed by atoms with van der Waals surface area (Å²) in [7, 11) is 1.73. The van der Waals surface area contributed by atoms with Crippen molar-refractivity contribution < 1.29 is 24.3 Å². The van der Waals surface area contributed by atoms with Gasteiger partial charge in [-0.2, -0.15) is 0 Å². The molecule has 2 bridgehead atoms. The number of hydrogen-bond acceptors (Lipinski definition) is 5. The van der Waals surface area contributed by atoms with Crippen LogP contribution in [0.3, 0.4) is 0 Å². The fourth-order valence-corrected chi connectivity index (χ4v) is 5.29. The molecule has 1 fully saturated rings. The average molecular weight is 315 g/mol. The van der Waals surface area contributed by atoms with E-state index in [0.717, 1.165) is 11.1 Å². The minimum absolute atomic E-state index is 0.0239. The SMILES string of the molecule is C[N+]1([O-])CC[C@]23c4c5ccc(OO)c4O[C@H]2C(=O)C=C[C@H]3[C@H]1C5. The van der Waals surface area contributed by atoms with Crippen molar-refractivity contribution >= 4 is 5.78 Å². The van der Waals surface area contributed by atoms with E-state index in [1.54, 1.807) is 19.2 Å². The van der Waals surface area contributed by atoms with Crippen LogP contribution in [0.4, 0.5) is 0 Å². The van der Waals surface area contributed by atoms with Crippen LogP contribution in [0.15, 0.2) is 24.3 Å². The van der Waals surface area contributed by atoms with Gasteiger partial charge in [-0.3, -0.25) is 4.79 Å². The Morgan fingerprint density at radius 3 is 3.09 bits per heavy atom. The van der Waals surface area contributed by atoms with E-state index in [2.05, 4.69) is 4.89 Å². The standard InChI is InChI=1S/C17H17NO5/c1-18(20)7-6-17-10-3-4-12(19)16(17)22-15-13(23-21)5-2-9(14(15)17)8-11(10)18/h2-5,10-11,16,21H,6-8H2,1H3/t10-,11+,16-,17-,18?/m0/s1. The molecule has 4 aliphatic rings. The summed E-state index contributed by atoms with van der Waals surface area (Å²) in [6.07, 6.45) is 4.09. The minimum Gasteiger partial charge on any atom is -0.633 e. The van der Waals surface area contributed by atoms with Crippen molar-refractivity contribution in [3.05, 3.63) is 40.6 Å². The van der Waals surface area contributed by atoms with Crippen molar-refractivity contribution in [1.29, 1.82) is 0 Å². The van der Waals surface area contributed by atoms with E-state index < -0.39 is 11.5 Å². The maximum absolute atomic E-state index is 13.0. The van der Waals surface area contributed by atoms with Gasteiger partial charge in [0.2, 0.25) is 5.75 Å². The molecule has 5 rings (SSSR count). The maximum atomic E-state index is 13.0. The molecule has 120 valence electrons. The Morgan fingerprint density at radius 1 is 1.48 bits per heavy atom. The van der Waals surface area contributed by atoms with Gasteiger partial charge in [-0.15, -0.1) is 0 Å². The average Bonchev–Trinajstić information content (AvgIpc) is 2.88. The zero-order valence-corrected chi connectivity index (χ0v) is 12.7. The topological polar surface area (TPSA) is 78.8 Å². The Hall–Kier alpha value is -1.89. The molecule has 1 spiro atoms. The number of quaternary nitrogens is 1. The lowest BCUT2D eigenvalue weighted by Gasteiger charge is -2.61. The van der Waals surface area contributed by atoms with E-state index in [1.165, 1.54) is 0 Å². The first-order valence-electron chi connectivity index (χ1n) is 7.92. The van der Waals surface area contributed by atoms with Gasteiger partial charge >= 0.3 is 0 Å². The first kappa shape index (κ1) is 13.5. The van der Waals surface area contributed by atoms with Crippen molar-refractivity contribution in [2.45, 2.75) is 30.4 Å². The first-order chi connectivity index (χ1) is 11.0. The highest BCUT2D eigenvalue weighted by Crippen LogP contribution is 2.62. The fraction of sp³-hybridized carbons (Fsp3) is 0.471. The van der Waals surface area contributed by atoms with Crippen molar-refractivity contribution in [2.24, 2.45) is 5.92 Å². The maximum Gasteiger partial charge on any atom is 0.207 e. The molecule has 0 amide bonds. The zero-order chi connectivity index (χ0) is 16.0. The Balaban J connectivity index is 1.84. The van der Waals surface area contributed by atoms with E-state index in [-0.39, 0.29) is 28.1 Å². The summed E-state index contributed by atoms with van der Waals surface area (Å²) in [6, 6.07) is 3.42. The van der Waals surface area contributed by atoms with Crippen molar-refractivity contribution in [1.82, 2.24) is 0 Å². The lowest BCUT2D eigenvalue weighted by atomic mass is 9.53. The molecule has 2 aliphatic carbocycles. The smallest absolute Gasteiger partial charge is 0.207 e. The first-order valence-corrected chi connectivity index (χ1v) is 7.92. The van der Waals surface area contributed by atoms with Gasteiger partial charge in [0.15, 0.2) is 17.6 Å². The number of carbonyl (C=O) groups is 1. The lowest BCUT2D eigenvalue weighted by Crippen LogP contribution is -2.68. The second-order valence-electron chi connectivity index (χ2n) is 7.26. The minimum atomic E-state index is -0.620. The molecule has 0 saturated carbocycles. The number of likely N-dealkylation sites (tertiary alicyclic amines) is 1. The van der Waals surface area contributed by atoms with Crippen molar-refractivity contribution in [2.75, 3.05) is 13.6 Å². The summed E-state index contributed by atoms with van der Waals surface area (Å²) in [5.74, 6) is 0.610. The van der Waals surface area contributed by atoms with Gasteiger partial charge in [0.1, 0.15) is 0 Å². The molecule has 6 nitrogen and oxygen atoms in total. The van der Waals surface area contributed by atoms with Crippen LogP contribution in [0.5, 0.6) is 11.5 Å². The van der Waals surface area contributed by atoms with E-state index in [9.17, 15) is 10.0 Å². The van der Waals surface area contributed by atoms with Gasteiger partial charge in [0.05, 0.1) is 25.0 Å². The molecule has 1 aromatic rings. The van der Waals surface area contributed by atoms with Crippen LogP contribution in [0.25, 0.3) is 0 Å². The second-order valence-corrected chi connectivity index (χ2v) is 7.26. The van der Waals surface area contributed by atoms with Gasteiger partial charge in [-0.1, -0.05) is 12.1 Å². The Kier molecular flexibility index (Phi) is 2.33. The number of ether oxygens (including phenoxy) is 1. The summed E-state index contributed by atoms with van der Waals surface area (Å²) in [6.45, 7) is 0.464. The highest BCUT2D eigenvalue weighted by Gasteiger charge is 2.67. The lowest BCUT2D eigenvalue weighted by molar-refractivity contribution is -0.898. The molecular formula is C17H17NO5. The number of carbonyl (C=O) groups excluding carboxylic acids is 1. The Morgan fingerprint density at radius 2 is 2.30 bits per heavy atom. The zero-order valence-electron chi connectivity index (χ0n) is 12.7. The van der Waals surface area contributed by atoms with Crippen LogP contribution in [-0.2, 0) is 16.6 Å². The number of ketones is 1. The summed E-state index contributed by atoms with van der Waals surface area (Å²) in [5, 5.41) is 22.1. The fourth-order valence-electron chi connectivity index (χ4n) is 5.29. The Bertz CT molecular complexity index is 770. The van der Waals surface area contributed by atoms with E-state index in [0.29, 0.717) is 25.1 Å². The number of hydrogen-bond donors (Lipinski definition) is 1. The van der Waals surface area contributed by atoms with Crippen molar-refractivity contribution in [3.63, 3.8) is 0 Å². The van der Waals surface area contributed by atoms with Crippen LogP contribution in [0, 0.1) is 11.1 Å². The van der Waals surface area contributed by atoms with E-state index in [1.807, 2.05) is 12.1 Å². The normalized spacial score (nSPS) is 42.2. The molecule has 5 atom stereocenters. The molecule has 1 aromatic carbocycles. The van der Waals surface area contributed by atoms with Crippen LogP contribution in [-0.4, -0.2) is 41.4 Å². The van der Waals surface area contributed by atoms with E-state index >= 15 is 0 Å². The largest absolute Gasteiger partial charge is 0.633 e. The van der Waals surface area contributed by atoms with Crippen LogP contribution in [0.1, 0.15) is 17.5 Å². The van der Waals surface area contributed by atoms with Crippen LogP contribution < -0.4 is 9.62 Å². The predicted octanol–water partition coefficient (Wildman–Crippen LogP) is 1.57. The molecular weight excluding hydrogens is 298 g/mol. The molecule has 0 aromatic heterocycles. The number of rotatable bonds is 1. The number of nitrogens with zero attached hydrogens (tertiary/aromatic N) is 1. The number of likely N-dealkylation sites (N-methyl/N-ethyl adjacent to an activating group) is 1. The van der Waals surface area contributed by atoms with Gasteiger partial charge in [0, 0.05) is 24.3 Å². The molecule has 2 heterocycles. The number of piperidine rings is 1. The summed E-state index contributed by atoms with van der Waals surface area (Å²) in [4.78, 5) is 16.9. The highest BCUT2D eigenvalue weighted by atomic mass is 17.1. The molecule has 0 radical (unpaired) electrons. The van der Waals surface area contributed by atoms with Crippen molar-refractivity contribution in [3.8, 4) is 11.5 Å². The third kappa shape index (κ3) is 1.38. The predicted molar refractivity (Wildman–Crippen MR) is 80.0 cm³/mol. The van der Waals surface area contributed by atoms with Gasteiger partial charge in [-0.25, -0.2) is 5.26 Å². The number of hydroxylamine groups is 3. The number of benzene rings is 1. The summed E-state index contributed by atoms with van der Waals surface area (Å²) < 4.78 is 5.70. The summed E-state index contributed by atoms with van der Waals surface area (Å²) in [5.41, 5.74) is 1.51. The molecule has 1 unspecified atom stereocenters. The molecule has 6 heteroatoms. The summed E-state index contributed by atoms with van der Waals surface area (Å²) >= 11 is 0. The monoisotopic (exact) mass is 315 g/mol. The van der Waals surface area contributed by atoms with E-state index in [4.69, 9.17) is 9.99 Å². The molecule has 1 saturated heterocycles.